The van der Waals surface area contributed by atoms with Crippen molar-refractivity contribution in [2.75, 3.05) is 10.2 Å². The normalized spacial score (nSPS) is 16.0. The molecule has 0 fully saturated rings. The lowest BCUT2D eigenvalue weighted by molar-refractivity contribution is 0.0993. The first-order valence-electron chi connectivity index (χ1n) is 7.69. The van der Waals surface area contributed by atoms with Gasteiger partial charge in [0.1, 0.15) is 6.17 Å². The van der Waals surface area contributed by atoms with E-state index in [0.717, 1.165) is 5.56 Å². The van der Waals surface area contributed by atoms with Crippen molar-refractivity contribution in [3.63, 3.8) is 0 Å². The molecule has 0 saturated heterocycles. The molecule has 1 atom stereocenters. The van der Waals surface area contributed by atoms with E-state index < -0.39 is 0 Å². The van der Waals surface area contributed by atoms with Gasteiger partial charge in [-0.25, -0.2) is 0 Å². The van der Waals surface area contributed by atoms with Crippen LogP contribution in [0, 0.1) is 0 Å². The molecule has 124 valence electrons. The van der Waals surface area contributed by atoms with Crippen LogP contribution in [0.15, 0.2) is 67.0 Å². The van der Waals surface area contributed by atoms with Crippen molar-refractivity contribution in [2.24, 2.45) is 0 Å². The van der Waals surface area contributed by atoms with E-state index in [2.05, 4.69) is 10.3 Å². The summed E-state index contributed by atoms with van der Waals surface area (Å²) in [5, 5.41) is 4.41. The summed E-state index contributed by atoms with van der Waals surface area (Å²) in [6.07, 6.45) is 2.96. The van der Waals surface area contributed by atoms with Crippen LogP contribution in [0.3, 0.4) is 0 Å². The molecule has 0 saturated carbocycles. The first-order chi connectivity index (χ1) is 12.1. The summed E-state index contributed by atoms with van der Waals surface area (Å²) in [6, 6.07) is 16.4. The third-order valence-electron chi connectivity index (χ3n) is 4.11. The monoisotopic (exact) mass is 369 g/mol. The van der Waals surface area contributed by atoms with Gasteiger partial charge in [-0.3, -0.25) is 14.7 Å². The standard InChI is InChI=1S/C19H13Cl2N3O/c20-12-7-8-17(16(21)10-12)23-18-14-5-1-2-6-15(14)19(25)24(18)13-4-3-9-22-11-13/h1-11,18,23H/t18-/m0/s1. The highest BCUT2D eigenvalue weighted by Crippen LogP contribution is 2.39. The van der Waals surface area contributed by atoms with Crippen molar-refractivity contribution < 1.29 is 4.79 Å². The van der Waals surface area contributed by atoms with Crippen molar-refractivity contribution >= 4 is 40.5 Å². The summed E-state index contributed by atoms with van der Waals surface area (Å²) in [5.74, 6) is -0.0776. The maximum atomic E-state index is 12.9. The second-order valence-electron chi connectivity index (χ2n) is 5.64. The molecule has 0 spiro atoms. The minimum Gasteiger partial charge on any atom is -0.360 e. The number of fused-ring (bicyclic) bond motifs is 1. The van der Waals surface area contributed by atoms with E-state index in [-0.39, 0.29) is 12.1 Å². The number of aromatic nitrogens is 1. The Morgan fingerprint density at radius 2 is 1.88 bits per heavy atom. The molecule has 0 aliphatic carbocycles. The Balaban J connectivity index is 1.80. The summed E-state index contributed by atoms with van der Waals surface area (Å²) in [6.45, 7) is 0. The maximum Gasteiger partial charge on any atom is 0.260 e. The number of halogens is 2. The molecule has 0 bridgehead atoms. The molecule has 6 heteroatoms. The number of nitrogens with zero attached hydrogens (tertiary/aromatic N) is 2. The van der Waals surface area contributed by atoms with Gasteiger partial charge in [0.15, 0.2) is 0 Å². The fourth-order valence-electron chi connectivity index (χ4n) is 2.98. The Morgan fingerprint density at radius 3 is 2.64 bits per heavy atom. The van der Waals surface area contributed by atoms with Crippen LogP contribution in [-0.2, 0) is 0 Å². The SMILES string of the molecule is O=C1c2ccccc2[C@@H](Nc2ccc(Cl)cc2Cl)N1c1cccnc1. The number of hydrogen-bond donors (Lipinski definition) is 1. The van der Waals surface area contributed by atoms with Crippen LogP contribution in [0.25, 0.3) is 0 Å². The Hall–Kier alpha value is -2.56. The maximum absolute atomic E-state index is 12.9. The molecule has 0 unspecified atom stereocenters. The lowest BCUT2D eigenvalue weighted by Gasteiger charge is -2.27. The van der Waals surface area contributed by atoms with Crippen LogP contribution in [0.2, 0.25) is 10.0 Å². The zero-order valence-corrected chi connectivity index (χ0v) is 14.5. The largest absolute Gasteiger partial charge is 0.360 e. The van der Waals surface area contributed by atoms with Crippen molar-refractivity contribution in [1.29, 1.82) is 0 Å². The van der Waals surface area contributed by atoms with Gasteiger partial charge in [-0.2, -0.15) is 0 Å². The van der Waals surface area contributed by atoms with Gasteiger partial charge >= 0.3 is 0 Å². The highest BCUT2D eigenvalue weighted by Gasteiger charge is 2.37. The molecule has 4 nitrogen and oxygen atoms in total. The zero-order valence-electron chi connectivity index (χ0n) is 13.0. The summed E-state index contributed by atoms with van der Waals surface area (Å²) >= 11 is 12.3. The fourth-order valence-corrected chi connectivity index (χ4v) is 3.44. The summed E-state index contributed by atoms with van der Waals surface area (Å²) in [7, 11) is 0. The van der Waals surface area contributed by atoms with E-state index in [4.69, 9.17) is 23.2 Å². The van der Waals surface area contributed by atoms with Gasteiger partial charge < -0.3 is 5.32 Å². The van der Waals surface area contributed by atoms with Gasteiger partial charge in [0.2, 0.25) is 0 Å². The van der Waals surface area contributed by atoms with Crippen molar-refractivity contribution in [3.05, 3.63) is 88.2 Å². The van der Waals surface area contributed by atoms with Gasteiger partial charge in [-0.05, 0) is 36.4 Å². The lowest BCUT2D eigenvalue weighted by Crippen LogP contribution is -2.32. The van der Waals surface area contributed by atoms with Crippen LogP contribution in [-0.4, -0.2) is 10.9 Å². The van der Waals surface area contributed by atoms with Crippen molar-refractivity contribution in [3.8, 4) is 0 Å². The molecule has 1 N–H and O–H groups in total. The molecule has 1 amide bonds. The Morgan fingerprint density at radius 1 is 1.04 bits per heavy atom. The Labute approximate surface area is 155 Å². The van der Waals surface area contributed by atoms with E-state index in [0.29, 0.717) is 27.0 Å². The highest BCUT2D eigenvalue weighted by atomic mass is 35.5. The van der Waals surface area contributed by atoms with Gasteiger partial charge in [0.25, 0.3) is 5.91 Å². The number of carbonyl (C=O) groups excluding carboxylic acids is 1. The van der Waals surface area contributed by atoms with E-state index in [9.17, 15) is 4.79 Å². The summed E-state index contributed by atoms with van der Waals surface area (Å²) in [5.41, 5.74) is 2.97. The number of pyridine rings is 1. The van der Waals surface area contributed by atoms with Gasteiger partial charge in [-0.15, -0.1) is 0 Å². The minimum absolute atomic E-state index is 0.0776. The molecular formula is C19H13Cl2N3O. The number of carbonyl (C=O) groups is 1. The molecule has 2 heterocycles. The average Bonchev–Trinajstić information content (AvgIpc) is 2.91. The van der Waals surface area contributed by atoms with Gasteiger partial charge in [0.05, 0.1) is 22.6 Å². The van der Waals surface area contributed by atoms with Crippen LogP contribution < -0.4 is 10.2 Å². The average molecular weight is 370 g/mol. The number of rotatable bonds is 3. The number of amides is 1. The number of benzene rings is 2. The number of anilines is 2. The molecule has 1 aliphatic heterocycles. The third-order valence-corrected chi connectivity index (χ3v) is 4.66. The first-order valence-corrected chi connectivity index (χ1v) is 8.45. The van der Waals surface area contributed by atoms with Crippen LogP contribution >= 0.6 is 23.2 Å². The number of hydrogen-bond acceptors (Lipinski definition) is 3. The van der Waals surface area contributed by atoms with E-state index >= 15 is 0 Å². The molecule has 1 aromatic heterocycles. The molecule has 25 heavy (non-hydrogen) atoms. The van der Waals surface area contributed by atoms with Gasteiger partial charge in [-0.1, -0.05) is 41.4 Å². The predicted molar refractivity (Wildman–Crippen MR) is 100 cm³/mol. The van der Waals surface area contributed by atoms with E-state index in [1.807, 2.05) is 30.3 Å². The predicted octanol–water partition coefficient (Wildman–Crippen LogP) is 5.16. The fraction of sp³-hybridized carbons (Fsp3) is 0.0526. The summed E-state index contributed by atoms with van der Waals surface area (Å²) < 4.78 is 0. The van der Waals surface area contributed by atoms with Crippen LogP contribution in [0.4, 0.5) is 11.4 Å². The molecular weight excluding hydrogens is 357 g/mol. The quantitative estimate of drug-likeness (QED) is 0.693. The second kappa shape index (κ2) is 6.39. The topological polar surface area (TPSA) is 45.2 Å². The minimum atomic E-state index is -0.383. The molecule has 3 aromatic rings. The van der Waals surface area contributed by atoms with Crippen molar-refractivity contribution in [1.82, 2.24) is 4.98 Å². The third kappa shape index (κ3) is 2.84. The summed E-state index contributed by atoms with van der Waals surface area (Å²) in [4.78, 5) is 18.8. The Bertz CT molecular complexity index is 946. The lowest BCUT2D eigenvalue weighted by atomic mass is 10.1. The zero-order chi connectivity index (χ0) is 17.4. The second-order valence-corrected chi connectivity index (χ2v) is 6.49. The van der Waals surface area contributed by atoms with Crippen LogP contribution in [0.1, 0.15) is 22.1 Å². The molecule has 4 rings (SSSR count). The van der Waals surface area contributed by atoms with E-state index in [1.165, 1.54) is 0 Å². The first kappa shape index (κ1) is 15.9. The molecule has 0 radical (unpaired) electrons. The Kier molecular flexibility index (Phi) is 4.07. The smallest absolute Gasteiger partial charge is 0.260 e. The van der Waals surface area contributed by atoms with E-state index in [1.54, 1.807) is 41.6 Å². The molecule has 2 aromatic carbocycles. The molecule has 1 aliphatic rings. The van der Waals surface area contributed by atoms with Crippen LogP contribution in [0.5, 0.6) is 0 Å². The van der Waals surface area contributed by atoms with Gasteiger partial charge in [0, 0.05) is 22.3 Å². The number of nitrogens with one attached hydrogen (secondary N) is 1. The highest BCUT2D eigenvalue weighted by molar-refractivity contribution is 6.36. The van der Waals surface area contributed by atoms with Crippen molar-refractivity contribution in [2.45, 2.75) is 6.17 Å².